The maximum Gasteiger partial charge on any atom is 0.412 e. The van der Waals surface area contributed by atoms with Gasteiger partial charge in [-0.25, -0.2) is 4.79 Å². The molecule has 0 saturated carbocycles. The summed E-state index contributed by atoms with van der Waals surface area (Å²) in [6.45, 7) is 5.41. The minimum absolute atomic E-state index is 0.502. The highest BCUT2D eigenvalue weighted by Crippen LogP contribution is 2.15. The van der Waals surface area contributed by atoms with Crippen LogP contribution in [0.4, 0.5) is 10.5 Å². The molecule has 0 atom stereocenters. The predicted octanol–water partition coefficient (Wildman–Crippen LogP) is 3.49. The Hall–Kier alpha value is -1.22. The summed E-state index contributed by atoms with van der Waals surface area (Å²) in [6, 6.07) is 7.66. The average molecular weight is 227 g/mol. The van der Waals surface area contributed by atoms with Crippen molar-refractivity contribution < 1.29 is 9.53 Å². The van der Waals surface area contributed by atoms with Gasteiger partial charge in [-0.1, -0.05) is 11.6 Å². The van der Waals surface area contributed by atoms with Gasteiger partial charge in [0, 0.05) is 10.7 Å². The number of carbonyl (C=O) groups excluding carboxylic acids is 1. The third kappa shape index (κ3) is 4.70. The van der Waals surface area contributed by atoms with Crippen molar-refractivity contribution >= 4 is 23.4 Å². The van der Waals surface area contributed by atoms with E-state index in [1.807, 2.05) is 0 Å². The van der Waals surface area contributed by atoms with Crippen LogP contribution < -0.4 is 5.32 Å². The van der Waals surface area contributed by atoms with Crippen molar-refractivity contribution in [1.29, 1.82) is 0 Å². The normalized spacial score (nSPS) is 10.9. The van der Waals surface area contributed by atoms with E-state index in [4.69, 9.17) is 16.3 Å². The van der Waals surface area contributed by atoms with E-state index < -0.39 is 11.7 Å². The topological polar surface area (TPSA) is 38.3 Å². The van der Waals surface area contributed by atoms with Crippen molar-refractivity contribution in [2.75, 3.05) is 5.32 Å². The second-order valence-electron chi connectivity index (χ2n) is 4.07. The summed E-state index contributed by atoms with van der Waals surface area (Å²) >= 11 is 5.74. The standard InChI is InChI=1S/C11H13ClNO2/c1-11(2,3)15-10(14)13-9-6-4-5-8(12)7-9/h5-7H,1-3H3,(H,13,14). The lowest BCUT2D eigenvalue weighted by molar-refractivity contribution is 0.0636. The molecule has 0 aliphatic rings. The fourth-order valence-electron chi connectivity index (χ4n) is 0.937. The van der Waals surface area contributed by atoms with Gasteiger partial charge in [-0.15, -0.1) is 0 Å². The molecule has 4 heteroatoms. The van der Waals surface area contributed by atoms with Crippen LogP contribution in [0.25, 0.3) is 0 Å². The van der Waals surface area contributed by atoms with Crippen molar-refractivity contribution in [3.63, 3.8) is 0 Å². The van der Waals surface area contributed by atoms with Crippen molar-refractivity contribution in [2.24, 2.45) is 0 Å². The zero-order valence-corrected chi connectivity index (χ0v) is 9.68. The zero-order valence-electron chi connectivity index (χ0n) is 8.93. The van der Waals surface area contributed by atoms with Crippen LogP contribution in [0.15, 0.2) is 18.2 Å². The summed E-state index contributed by atoms with van der Waals surface area (Å²) in [6.07, 6.45) is -0.502. The lowest BCUT2D eigenvalue weighted by atomic mass is 10.2. The van der Waals surface area contributed by atoms with Gasteiger partial charge in [-0.2, -0.15) is 0 Å². The van der Waals surface area contributed by atoms with E-state index in [2.05, 4.69) is 11.4 Å². The molecule has 0 spiro atoms. The molecule has 1 aromatic rings. The number of nitrogens with one attached hydrogen (secondary N) is 1. The number of carbonyl (C=O) groups is 1. The van der Waals surface area contributed by atoms with Crippen LogP contribution in [0.1, 0.15) is 20.8 Å². The second-order valence-corrected chi connectivity index (χ2v) is 4.50. The Bertz CT molecular complexity index is 358. The highest BCUT2D eigenvalue weighted by atomic mass is 35.5. The number of benzene rings is 1. The number of rotatable bonds is 1. The molecular formula is C11H13ClNO2. The van der Waals surface area contributed by atoms with E-state index in [9.17, 15) is 4.79 Å². The molecule has 1 aromatic carbocycles. The summed E-state index contributed by atoms with van der Waals surface area (Å²) < 4.78 is 5.07. The molecule has 0 aliphatic carbocycles. The first-order valence-electron chi connectivity index (χ1n) is 4.53. The molecule has 0 fully saturated rings. The number of hydrogen-bond acceptors (Lipinski definition) is 2. The second kappa shape index (κ2) is 4.53. The summed E-state index contributed by atoms with van der Waals surface area (Å²) in [4.78, 5) is 11.3. The monoisotopic (exact) mass is 226 g/mol. The SMILES string of the molecule is CC(C)(C)OC(=O)Nc1c[c]cc(Cl)c1. The van der Waals surface area contributed by atoms with Crippen molar-refractivity contribution in [3.8, 4) is 0 Å². The van der Waals surface area contributed by atoms with Crippen LogP contribution in [0.2, 0.25) is 5.02 Å². The molecule has 0 heterocycles. The van der Waals surface area contributed by atoms with Crippen molar-refractivity contribution in [3.05, 3.63) is 29.3 Å². The number of halogens is 1. The summed E-state index contributed by atoms with van der Waals surface area (Å²) in [5.74, 6) is 0. The Kier molecular flexibility index (Phi) is 3.58. The lowest BCUT2D eigenvalue weighted by Gasteiger charge is -2.19. The smallest absolute Gasteiger partial charge is 0.412 e. The molecule has 0 aliphatic heterocycles. The van der Waals surface area contributed by atoms with Gasteiger partial charge >= 0.3 is 6.09 Å². The van der Waals surface area contributed by atoms with E-state index in [-0.39, 0.29) is 0 Å². The molecule has 0 unspecified atom stereocenters. The molecule has 1 rings (SSSR count). The maximum absolute atomic E-state index is 11.3. The summed E-state index contributed by atoms with van der Waals surface area (Å²) in [7, 11) is 0. The number of ether oxygens (including phenoxy) is 1. The fourth-order valence-corrected chi connectivity index (χ4v) is 1.12. The van der Waals surface area contributed by atoms with Gasteiger partial charge in [-0.3, -0.25) is 5.32 Å². The average Bonchev–Trinajstić information content (AvgIpc) is 1.99. The van der Waals surface area contributed by atoms with Gasteiger partial charge in [-0.05, 0) is 45.0 Å². The van der Waals surface area contributed by atoms with Crippen molar-refractivity contribution in [2.45, 2.75) is 26.4 Å². The molecule has 1 N–H and O–H groups in total. The van der Waals surface area contributed by atoms with Crippen LogP contribution in [0.5, 0.6) is 0 Å². The van der Waals surface area contributed by atoms with Gasteiger partial charge < -0.3 is 4.74 Å². The van der Waals surface area contributed by atoms with E-state index in [1.54, 1.807) is 39.0 Å². The Labute approximate surface area is 94.4 Å². The lowest BCUT2D eigenvalue weighted by Crippen LogP contribution is -2.27. The van der Waals surface area contributed by atoms with Crippen LogP contribution in [0, 0.1) is 6.07 Å². The molecule has 1 radical (unpaired) electrons. The highest BCUT2D eigenvalue weighted by Gasteiger charge is 2.15. The zero-order chi connectivity index (χ0) is 11.5. The third-order valence-electron chi connectivity index (χ3n) is 1.40. The fraction of sp³-hybridized carbons (Fsp3) is 0.364. The first kappa shape index (κ1) is 11.9. The maximum atomic E-state index is 11.3. The predicted molar refractivity (Wildman–Crippen MR) is 60.1 cm³/mol. The Morgan fingerprint density at radius 2 is 2.13 bits per heavy atom. The molecule has 81 valence electrons. The minimum atomic E-state index is -0.508. The number of amides is 1. The molecule has 0 bridgehead atoms. The van der Waals surface area contributed by atoms with Gasteiger partial charge in [0.15, 0.2) is 0 Å². The molecule has 1 amide bonds. The highest BCUT2D eigenvalue weighted by molar-refractivity contribution is 6.30. The van der Waals surface area contributed by atoms with E-state index in [0.29, 0.717) is 10.7 Å². The largest absolute Gasteiger partial charge is 0.444 e. The van der Waals surface area contributed by atoms with Crippen LogP contribution in [-0.4, -0.2) is 11.7 Å². The number of hydrogen-bond donors (Lipinski definition) is 1. The number of anilines is 1. The van der Waals surface area contributed by atoms with Crippen molar-refractivity contribution in [1.82, 2.24) is 0 Å². The summed E-state index contributed by atoms with van der Waals surface area (Å²) in [5, 5.41) is 3.08. The van der Waals surface area contributed by atoms with Crippen LogP contribution in [-0.2, 0) is 4.74 Å². The van der Waals surface area contributed by atoms with E-state index in [0.717, 1.165) is 0 Å². The summed E-state index contributed by atoms with van der Waals surface area (Å²) in [5.41, 5.74) is 0.0589. The van der Waals surface area contributed by atoms with Gasteiger partial charge in [0.1, 0.15) is 5.60 Å². The van der Waals surface area contributed by atoms with Gasteiger partial charge in [0.05, 0.1) is 0 Å². The minimum Gasteiger partial charge on any atom is -0.444 e. The Morgan fingerprint density at radius 1 is 1.47 bits per heavy atom. The Balaban J connectivity index is 2.59. The Morgan fingerprint density at radius 3 is 2.67 bits per heavy atom. The molecule has 0 aromatic heterocycles. The van der Waals surface area contributed by atoms with Crippen LogP contribution >= 0.6 is 11.6 Å². The van der Waals surface area contributed by atoms with E-state index >= 15 is 0 Å². The van der Waals surface area contributed by atoms with Gasteiger partial charge in [0.25, 0.3) is 0 Å². The van der Waals surface area contributed by atoms with E-state index in [1.165, 1.54) is 0 Å². The molecule has 0 saturated heterocycles. The molecular weight excluding hydrogens is 214 g/mol. The van der Waals surface area contributed by atoms with Gasteiger partial charge in [0.2, 0.25) is 0 Å². The first-order chi connectivity index (χ1) is 6.87. The molecule has 3 nitrogen and oxygen atoms in total. The first-order valence-corrected chi connectivity index (χ1v) is 4.91. The molecule has 15 heavy (non-hydrogen) atoms. The quantitative estimate of drug-likeness (QED) is 0.796. The third-order valence-corrected chi connectivity index (χ3v) is 1.62. The van der Waals surface area contributed by atoms with Crippen LogP contribution in [0.3, 0.4) is 0 Å².